The number of hydrogen-bond acceptors (Lipinski definition) is 3. The first-order valence-electron chi connectivity index (χ1n) is 6.42. The van der Waals surface area contributed by atoms with Crippen LogP contribution in [-0.4, -0.2) is 11.9 Å². The Morgan fingerprint density at radius 2 is 2.10 bits per heavy atom. The lowest BCUT2D eigenvalue weighted by molar-refractivity contribution is -0.116. The minimum Gasteiger partial charge on any atom is -0.373 e. The van der Waals surface area contributed by atoms with Crippen LogP contribution in [0.5, 0.6) is 0 Å². The molecule has 1 heterocycles. The molecule has 3 rings (SSSR count). The highest BCUT2D eigenvalue weighted by molar-refractivity contribution is 5.98. The molecule has 0 saturated carbocycles. The van der Waals surface area contributed by atoms with E-state index in [4.69, 9.17) is 5.26 Å². The first-order chi connectivity index (χ1) is 9.76. The van der Waals surface area contributed by atoms with Gasteiger partial charge in [-0.05, 0) is 29.8 Å². The molecule has 4 heteroatoms. The van der Waals surface area contributed by atoms with Gasteiger partial charge < -0.3 is 10.6 Å². The Labute approximate surface area is 117 Å². The van der Waals surface area contributed by atoms with E-state index in [1.807, 2.05) is 24.3 Å². The molecule has 98 valence electrons. The molecule has 0 spiro atoms. The highest BCUT2D eigenvalue weighted by Crippen LogP contribution is 2.25. The summed E-state index contributed by atoms with van der Waals surface area (Å²) in [6, 6.07) is 16.6. The predicted molar refractivity (Wildman–Crippen MR) is 77.3 cm³/mol. The Morgan fingerprint density at radius 1 is 1.25 bits per heavy atom. The third-order valence-electron chi connectivity index (χ3n) is 3.35. The molecule has 2 aromatic carbocycles. The summed E-state index contributed by atoms with van der Waals surface area (Å²) in [5.74, 6) is -0.0868. The van der Waals surface area contributed by atoms with Gasteiger partial charge in [-0.25, -0.2) is 0 Å². The number of benzene rings is 2. The molecule has 2 N–H and O–H groups in total. The van der Waals surface area contributed by atoms with Gasteiger partial charge in [0.15, 0.2) is 0 Å². The van der Waals surface area contributed by atoms with Crippen molar-refractivity contribution in [2.24, 2.45) is 0 Å². The van der Waals surface area contributed by atoms with Gasteiger partial charge in [-0.15, -0.1) is 0 Å². The molecule has 1 amide bonds. The zero-order chi connectivity index (χ0) is 13.9. The van der Waals surface area contributed by atoms with Gasteiger partial charge in [-0.3, -0.25) is 4.79 Å². The van der Waals surface area contributed by atoms with Crippen LogP contribution < -0.4 is 10.6 Å². The van der Waals surface area contributed by atoms with Crippen molar-refractivity contribution in [3.05, 3.63) is 59.7 Å². The zero-order valence-electron chi connectivity index (χ0n) is 10.8. The van der Waals surface area contributed by atoms with Crippen molar-refractivity contribution in [1.82, 2.24) is 0 Å². The quantitative estimate of drug-likeness (QED) is 0.875. The lowest BCUT2D eigenvalue weighted by atomic mass is 10.1. The summed E-state index contributed by atoms with van der Waals surface area (Å²) >= 11 is 0. The third-order valence-corrected chi connectivity index (χ3v) is 3.35. The van der Waals surface area contributed by atoms with Crippen LogP contribution in [0.25, 0.3) is 0 Å². The fourth-order valence-electron chi connectivity index (χ4n) is 2.35. The van der Waals surface area contributed by atoms with E-state index in [0.717, 1.165) is 11.3 Å². The van der Waals surface area contributed by atoms with Crippen LogP contribution in [0.1, 0.15) is 11.1 Å². The molecule has 0 saturated heterocycles. The first kappa shape index (κ1) is 12.2. The second kappa shape index (κ2) is 5.06. The maximum Gasteiger partial charge on any atom is 0.247 e. The van der Waals surface area contributed by atoms with Crippen molar-refractivity contribution in [1.29, 1.82) is 5.26 Å². The van der Waals surface area contributed by atoms with Crippen LogP contribution >= 0.6 is 0 Å². The van der Waals surface area contributed by atoms with E-state index in [1.165, 1.54) is 0 Å². The summed E-state index contributed by atoms with van der Waals surface area (Å²) in [6.07, 6.45) is 0.681. The number of para-hydroxylation sites is 1. The predicted octanol–water partition coefficient (Wildman–Crippen LogP) is 2.53. The molecule has 0 unspecified atom stereocenters. The molecule has 4 nitrogen and oxygen atoms in total. The number of anilines is 2. The normalized spacial score (nSPS) is 15.8. The number of carbonyl (C=O) groups is 1. The fourth-order valence-corrected chi connectivity index (χ4v) is 2.35. The highest BCUT2D eigenvalue weighted by atomic mass is 16.2. The van der Waals surface area contributed by atoms with Gasteiger partial charge in [0.2, 0.25) is 5.91 Å². The van der Waals surface area contributed by atoms with Crippen molar-refractivity contribution in [2.45, 2.75) is 12.5 Å². The number of rotatable bonds is 2. The molecule has 0 aliphatic carbocycles. The summed E-state index contributed by atoms with van der Waals surface area (Å²) in [7, 11) is 0. The summed E-state index contributed by atoms with van der Waals surface area (Å²) in [5, 5.41) is 14.9. The molecular formula is C16H13N3O. The number of fused-ring (bicyclic) bond motifs is 1. The van der Waals surface area contributed by atoms with E-state index in [9.17, 15) is 4.79 Å². The second-order valence-corrected chi connectivity index (χ2v) is 4.74. The van der Waals surface area contributed by atoms with Gasteiger partial charge in [0, 0.05) is 17.8 Å². The lowest BCUT2D eigenvalue weighted by Crippen LogP contribution is -2.32. The number of hydrogen-bond donors (Lipinski definition) is 2. The van der Waals surface area contributed by atoms with Crippen molar-refractivity contribution in [3.8, 4) is 6.07 Å². The molecule has 0 fully saturated rings. The van der Waals surface area contributed by atoms with E-state index in [-0.39, 0.29) is 11.9 Å². The number of carbonyl (C=O) groups excluding carboxylic acids is 1. The largest absolute Gasteiger partial charge is 0.373 e. The van der Waals surface area contributed by atoms with Crippen LogP contribution in [0.3, 0.4) is 0 Å². The third kappa shape index (κ3) is 2.34. The van der Waals surface area contributed by atoms with Gasteiger partial charge >= 0.3 is 0 Å². The maximum atomic E-state index is 12.2. The molecule has 0 aromatic heterocycles. The van der Waals surface area contributed by atoms with Gasteiger partial charge in [-0.1, -0.05) is 24.3 Å². The Kier molecular flexibility index (Phi) is 3.10. The molecule has 2 aromatic rings. The van der Waals surface area contributed by atoms with Crippen LogP contribution in [0.2, 0.25) is 0 Å². The summed E-state index contributed by atoms with van der Waals surface area (Å²) < 4.78 is 0. The van der Waals surface area contributed by atoms with Crippen LogP contribution in [0, 0.1) is 11.3 Å². The Balaban J connectivity index is 1.71. The smallest absolute Gasteiger partial charge is 0.247 e. The van der Waals surface area contributed by atoms with E-state index in [1.54, 1.807) is 24.3 Å². The molecule has 0 radical (unpaired) electrons. The van der Waals surface area contributed by atoms with Crippen LogP contribution in [0.4, 0.5) is 11.4 Å². The SMILES string of the molecule is N#Cc1cccc(NC(=O)[C@@H]2Cc3ccccc3N2)c1. The van der Waals surface area contributed by atoms with Crippen molar-refractivity contribution >= 4 is 17.3 Å². The molecule has 1 aliphatic rings. The average molecular weight is 263 g/mol. The Hall–Kier alpha value is -2.80. The summed E-state index contributed by atoms with van der Waals surface area (Å²) in [4.78, 5) is 12.2. The van der Waals surface area contributed by atoms with E-state index < -0.39 is 0 Å². The minimum atomic E-state index is -0.266. The lowest BCUT2D eigenvalue weighted by Gasteiger charge is -2.12. The highest BCUT2D eigenvalue weighted by Gasteiger charge is 2.26. The molecule has 0 bridgehead atoms. The molecular weight excluding hydrogens is 250 g/mol. The van der Waals surface area contributed by atoms with Crippen molar-refractivity contribution in [2.75, 3.05) is 10.6 Å². The minimum absolute atomic E-state index is 0.0868. The first-order valence-corrected chi connectivity index (χ1v) is 6.42. The van der Waals surface area contributed by atoms with Gasteiger partial charge in [0.05, 0.1) is 11.6 Å². The second-order valence-electron chi connectivity index (χ2n) is 4.74. The number of nitriles is 1. The number of nitrogens with zero attached hydrogens (tertiary/aromatic N) is 1. The average Bonchev–Trinajstić information content (AvgIpc) is 2.91. The van der Waals surface area contributed by atoms with E-state index in [2.05, 4.69) is 16.7 Å². The topological polar surface area (TPSA) is 64.9 Å². The van der Waals surface area contributed by atoms with Crippen LogP contribution in [-0.2, 0) is 11.2 Å². The molecule has 20 heavy (non-hydrogen) atoms. The van der Waals surface area contributed by atoms with Crippen molar-refractivity contribution < 1.29 is 4.79 Å². The number of amides is 1. The standard InChI is InChI=1S/C16H13N3O/c17-10-11-4-3-6-13(8-11)18-16(20)15-9-12-5-1-2-7-14(12)19-15/h1-8,15,19H,9H2,(H,18,20)/t15-/m0/s1. The van der Waals surface area contributed by atoms with Crippen molar-refractivity contribution in [3.63, 3.8) is 0 Å². The van der Waals surface area contributed by atoms with Gasteiger partial charge in [0.1, 0.15) is 6.04 Å². The van der Waals surface area contributed by atoms with E-state index in [0.29, 0.717) is 17.7 Å². The fraction of sp³-hybridized carbons (Fsp3) is 0.125. The Bertz CT molecular complexity index is 678. The van der Waals surface area contributed by atoms with Gasteiger partial charge in [0.25, 0.3) is 0 Å². The van der Waals surface area contributed by atoms with Gasteiger partial charge in [-0.2, -0.15) is 5.26 Å². The Morgan fingerprint density at radius 3 is 2.90 bits per heavy atom. The molecule has 1 atom stereocenters. The van der Waals surface area contributed by atoms with E-state index >= 15 is 0 Å². The van der Waals surface area contributed by atoms with Crippen LogP contribution in [0.15, 0.2) is 48.5 Å². The summed E-state index contributed by atoms with van der Waals surface area (Å²) in [6.45, 7) is 0. The maximum absolute atomic E-state index is 12.2. The monoisotopic (exact) mass is 263 g/mol. The zero-order valence-corrected chi connectivity index (χ0v) is 10.8. The number of nitrogens with one attached hydrogen (secondary N) is 2. The summed E-state index contributed by atoms with van der Waals surface area (Å²) in [5.41, 5.74) is 3.34. The molecule has 1 aliphatic heterocycles.